The van der Waals surface area contributed by atoms with Gasteiger partial charge in [0.1, 0.15) is 6.23 Å². The van der Waals surface area contributed by atoms with Crippen molar-refractivity contribution in [3.05, 3.63) is 95.6 Å². The van der Waals surface area contributed by atoms with Crippen LogP contribution < -0.4 is 5.32 Å². The minimum absolute atomic E-state index is 0.000367. The third-order valence-electron chi connectivity index (χ3n) is 10.1. The second kappa shape index (κ2) is 8.24. The van der Waals surface area contributed by atoms with Gasteiger partial charge >= 0.3 is 5.97 Å². The summed E-state index contributed by atoms with van der Waals surface area (Å²) in [5.74, 6) is -0.819. The second-order valence-electron chi connectivity index (χ2n) is 12.1. The highest BCUT2D eigenvalue weighted by Crippen LogP contribution is 2.58. The number of carbonyl (C=O) groups is 2. The number of aromatic nitrogens is 2. The summed E-state index contributed by atoms with van der Waals surface area (Å²) in [5.41, 5.74) is 2.85. The van der Waals surface area contributed by atoms with Crippen molar-refractivity contribution >= 4 is 55.5 Å². The summed E-state index contributed by atoms with van der Waals surface area (Å²) in [7, 11) is 1.29. The van der Waals surface area contributed by atoms with E-state index in [0.29, 0.717) is 5.56 Å². The first-order valence-electron chi connectivity index (χ1n) is 14.7. The molecule has 0 saturated carbocycles. The fraction of sp³-hybridized carbons (Fsp3) is 0.257. The van der Waals surface area contributed by atoms with Crippen molar-refractivity contribution in [2.75, 3.05) is 7.11 Å². The molecule has 4 atom stereocenters. The molecule has 1 amide bonds. The molecular formula is C35H29N3O5. The van der Waals surface area contributed by atoms with Gasteiger partial charge in [-0.25, -0.2) is 4.79 Å². The Balaban J connectivity index is 1.47. The van der Waals surface area contributed by atoms with Crippen LogP contribution in [0.15, 0.2) is 78.9 Å². The molecule has 6 aromatic rings. The molecule has 8 heteroatoms. The van der Waals surface area contributed by atoms with Gasteiger partial charge < -0.3 is 29.0 Å². The fourth-order valence-electron chi connectivity index (χ4n) is 8.22. The highest BCUT2D eigenvalue weighted by molar-refractivity contribution is 6.31. The van der Waals surface area contributed by atoms with E-state index in [1.54, 1.807) is 6.92 Å². The van der Waals surface area contributed by atoms with Gasteiger partial charge in [-0.2, -0.15) is 0 Å². The molecule has 9 rings (SSSR count). The molecule has 5 heterocycles. The molecule has 0 spiro atoms. The first-order valence-corrected chi connectivity index (χ1v) is 14.7. The number of methoxy groups -OCH3 is 1. The van der Waals surface area contributed by atoms with Gasteiger partial charge in [-0.15, -0.1) is 0 Å². The van der Waals surface area contributed by atoms with Crippen LogP contribution in [0.25, 0.3) is 43.6 Å². The number of aliphatic hydroxyl groups is 1. The minimum Gasteiger partial charge on any atom is -0.467 e. The number of aryl methyl sites for hydroxylation is 1. The Hall–Kier alpha value is -4.66. The highest BCUT2D eigenvalue weighted by Gasteiger charge is 2.66. The van der Waals surface area contributed by atoms with Crippen LogP contribution >= 0.6 is 0 Å². The molecule has 8 nitrogen and oxygen atoms in total. The Bertz CT molecular complexity index is 2200. The van der Waals surface area contributed by atoms with Crippen molar-refractivity contribution in [1.29, 1.82) is 0 Å². The number of fused-ring (bicyclic) bond motifs is 13. The van der Waals surface area contributed by atoms with Crippen LogP contribution in [0.2, 0.25) is 0 Å². The van der Waals surface area contributed by atoms with Gasteiger partial charge in [0.05, 0.1) is 40.8 Å². The number of amides is 1. The molecule has 214 valence electrons. The zero-order chi connectivity index (χ0) is 29.2. The number of hydrogen-bond donors (Lipinski definition) is 2. The molecule has 0 unspecified atom stereocenters. The smallest absolute Gasteiger partial charge is 0.343 e. The van der Waals surface area contributed by atoms with E-state index in [4.69, 9.17) is 9.47 Å². The van der Waals surface area contributed by atoms with Crippen molar-refractivity contribution in [2.24, 2.45) is 0 Å². The normalized spacial score (nSPS) is 25.6. The first kappa shape index (κ1) is 24.9. The number of hydrogen-bond acceptors (Lipinski definition) is 5. The summed E-state index contributed by atoms with van der Waals surface area (Å²) in [6, 6.07) is 26.1. The van der Waals surface area contributed by atoms with E-state index in [2.05, 4.69) is 28.1 Å². The largest absolute Gasteiger partial charge is 0.467 e. The molecule has 43 heavy (non-hydrogen) atoms. The number of para-hydroxylation sites is 2. The van der Waals surface area contributed by atoms with Crippen LogP contribution in [0, 0.1) is 0 Å². The maximum Gasteiger partial charge on any atom is 0.343 e. The summed E-state index contributed by atoms with van der Waals surface area (Å²) < 4.78 is 16.1. The number of ether oxygens (including phenoxy) is 2. The van der Waals surface area contributed by atoms with Gasteiger partial charge in [-0.3, -0.25) is 4.79 Å². The lowest BCUT2D eigenvalue weighted by Crippen LogP contribution is -2.56. The quantitative estimate of drug-likeness (QED) is 0.260. The van der Waals surface area contributed by atoms with Crippen LogP contribution in [-0.2, 0) is 26.4 Å². The van der Waals surface area contributed by atoms with E-state index >= 15 is 0 Å². The molecule has 2 N–H and O–H groups in total. The van der Waals surface area contributed by atoms with Crippen LogP contribution in [0.5, 0.6) is 0 Å². The summed E-state index contributed by atoms with van der Waals surface area (Å²) in [6.07, 6.45) is 0.857. The van der Waals surface area contributed by atoms with Crippen molar-refractivity contribution in [3.63, 3.8) is 0 Å². The van der Waals surface area contributed by atoms with Crippen LogP contribution in [0.4, 0.5) is 0 Å². The predicted molar refractivity (Wildman–Crippen MR) is 163 cm³/mol. The van der Waals surface area contributed by atoms with E-state index < -0.39 is 23.5 Å². The Morgan fingerprint density at radius 3 is 2.40 bits per heavy atom. The number of nitrogens with one attached hydrogen (secondary N) is 1. The van der Waals surface area contributed by atoms with Crippen molar-refractivity contribution < 1.29 is 24.2 Å². The lowest BCUT2D eigenvalue weighted by atomic mass is 9.88. The van der Waals surface area contributed by atoms with Crippen molar-refractivity contribution in [1.82, 2.24) is 14.5 Å². The van der Waals surface area contributed by atoms with Crippen molar-refractivity contribution in [3.8, 4) is 0 Å². The SMILES string of the molecule is COC(=O)[C@]1(O)C[C@@H]2O[C@@]1(C)n1c3ccccc3c3c4c(c5c6ccccc6n2c5c31)C(=O)N[C@H]4CCc1ccccc1. The minimum atomic E-state index is -1.96. The first-order chi connectivity index (χ1) is 20.9. The average Bonchev–Trinajstić information content (AvgIpc) is 3.71. The van der Waals surface area contributed by atoms with E-state index in [-0.39, 0.29) is 18.4 Å². The van der Waals surface area contributed by atoms with Gasteiger partial charge in [0.15, 0.2) is 5.72 Å². The van der Waals surface area contributed by atoms with Gasteiger partial charge in [-0.1, -0.05) is 66.7 Å². The van der Waals surface area contributed by atoms with E-state index in [9.17, 15) is 14.7 Å². The van der Waals surface area contributed by atoms with E-state index in [1.807, 2.05) is 65.2 Å². The summed E-state index contributed by atoms with van der Waals surface area (Å²) >= 11 is 0. The van der Waals surface area contributed by atoms with Gasteiger partial charge in [0.25, 0.3) is 5.91 Å². The van der Waals surface area contributed by atoms with Gasteiger partial charge in [-0.05, 0) is 43.0 Å². The molecule has 2 bridgehead atoms. The molecule has 4 aromatic carbocycles. The van der Waals surface area contributed by atoms with Crippen LogP contribution in [0.3, 0.4) is 0 Å². The van der Waals surface area contributed by atoms with Gasteiger partial charge in [0.2, 0.25) is 5.60 Å². The molecule has 0 aliphatic carbocycles. The zero-order valence-corrected chi connectivity index (χ0v) is 23.8. The predicted octanol–water partition coefficient (Wildman–Crippen LogP) is 5.83. The van der Waals surface area contributed by atoms with E-state index in [0.717, 1.165) is 62.0 Å². The number of carbonyl (C=O) groups excluding carboxylic acids is 2. The number of esters is 1. The molecule has 2 aromatic heterocycles. The third kappa shape index (κ3) is 2.88. The Morgan fingerprint density at radius 2 is 1.65 bits per heavy atom. The summed E-state index contributed by atoms with van der Waals surface area (Å²) in [6.45, 7) is 1.78. The fourth-order valence-corrected chi connectivity index (χ4v) is 8.22. The zero-order valence-electron chi connectivity index (χ0n) is 23.8. The Morgan fingerprint density at radius 1 is 0.977 bits per heavy atom. The summed E-state index contributed by atoms with van der Waals surface area (Å²) in [4.78, 5) is 27.4. The highest BCUT2D eigenvalue weighted by atomic mass is 16.6. The maximum atomic E-state index is 14.0. The van der Waals surface area contributed by atoms with Crippen molar-refractivity contribution in [2.45, 2.75) is 49.8 Å². The molecule has 3 aliphatic heterocycles. The Labute approximate surface area is 246 Å². The summed E-state index contributed by atoms with van der Waals surface area (Å²) in [5, 5.41) is 19.3. The molecule has 3 aliphatic rings. The number of nitrogens with zero attached hydrogens (tertiary/aromatic N) is 2. The maximum absolute atomic E-state index is 14.0. The lowest BCUT2D eigenvalue weighted by Gasteiger charge is -2.37. The molecule has 1 saturated heterocycles. The van der Waals surface area contributed by atoms with Gasteiger partial charge in [0, 0.05) is 28.0 Å². The standard InChI is InChI=1S/C35H29N3O5/c1-34-35(41,33(40)42-2)18-25(43-34)37-23-14-8-6-12-20(23)27-29-28(22(36-32(29)39)17-16-19-10-4-3-5-11-19)26-21-13-7-9-15-24(21)38(34)31(26)30(27)37/h3-15,22,25,41H,16-18H2,1-2H3,(H,36,39)/t22-,25-,34+,35+/m0/s1. The van der Waals surface area contributed by atoms with Crippen LogP contribution in [-0.4, -0.2) is 38.8 Å². The number of rotatable bonds is 4. The average molecular weight is 572 g/mol. The van der Waals surface area contributed by atoms with Crippen LogP contribution in [0.1, 0.15) is 53.5 Å². The topological polar surface area (TPSA) is 94.7 Å². The van der Waals surface area contributed by atoms with E-state index in [1.165, 1.54) is 12.7 Å². The second-order valence-corrected chi connectivity index (χ2v) is 12.1. The molecule has 1 fully saturated rings. The lowest BCUT2D eigenvalue weighted by molar-refractivity contribution is -0.202. The monoisotopic (exact) mass is 571 g/mol. The Kier molecular flexibility index (Phi) is 4.77. The number of benzene rings is 4. The third-order valence-corrected chi connectivity index (χ3v) is 10.1. The molecular weight excluding hydrogens is 542 g/mol. The molecule has 0 radical (unpaired) electrons.